The van der Waals surface area contributed by atoms with Gasteiger partial charge in [0.05, 0.1) is 24.0 Å². The quantitative estimate of drug-likeness (QED) is 0.401. The highest BCUT2D eigenvalue weighted by atomic mass is 19.1. The Bertz CT molecular complexity index is 1580. The first-order chi connectivity index (χ1) is 18.7. The number of amides is 1. The van der Waals surface area contributed by atoms with Crippen LogP contribution in [0.3, 0.4) is 0 Å². The van der Waals surface area contributed by atoms with E-state index in [-0.39, 0.29) is 36.8 Å². The number of nitrogens with zero attached hydrogens (tertiary/aromatic N) is 6. The molecular weight excluding hydrogens is 513 g/mol. The number of aromatic hydroxyl groups is 1. The highest BCUT2D eigenvalue weighted by Gasteiger charge is 2.34. The fraction of sp³-hybridized carbons (Fsp3) is 0.296. The molecule has 4 heterocycles. The van der Waals surface area contributed by atoms with Crippen LogP contribution in [0.25, 0.3) is 11.4 Å². The number of likely N-dealkylation sites (tertiary alicyclic amines) is 1. The van der Waals surface area contributed by atoms with E-state index in [0.717, 1.165) is 24.4 Å². The minimum Gasteiger partial charge on any atom is -0.494 e. The SMILES string of the molecule is CCC(c1cc(F)cc(F)c1)n1c(-c2cnn(C)c2)nc(=O)c(C(=O)N2CCC(c3ccc(F)cn3)C2)c1O. The minimum atomic E-state index is -0.948. The van der Waals surface area contributed by atoms with Crippen molar-refractivity contribution >= 4 is 5.91 Å². The lowest BCUT2D eigenvalue weighted by Gasteiger charge is -2.26. The summed E-state index contributed by atoms with van der Waals surface area (Å²) < 4.78 is 44.3. The number of pyridine rings is 1. The van der Waals surface area contributed by atoms with Crippen molar-refractivity contribution in [3.8, 4) is 17.3 Å². The van der Waals surface area contributed by atoms with Crippen molar-refractivity contribution < 1.29 is 23.1 Å². The Kier molecular flexibility index (Phi) is 6.94. The van der Waals surface area contributed by atoms with Gasteiger partial charge in [-0.2, -0.15) is 10.1 Å². The zero-order valence-electron chi connectivity index (χ0n) is 21.2. The first-order valence-corrected chi connectivity index (χ1v) is 12.4. The Morgan fingerprint density at radius 1 is 1.13 bits per heavy atom. The van der Waals surface area contributed by atoms with Crippen LogP contribution < -0.4 is 5.56 Å². The Morgan fingerprint density at radius 3 is 2.49 bits per heavy atom. The average molecular weight is 539 g/mol. The van der Waals surface area contributed by atoms with Crippen molar-refractivity contribution in [1.82, 2.24) is 29.2 Å². The summed E-state index contributed by atoms with van der Waals surface area (Å²) in [6, 6.07) is 4.95. The van der Waals surface area contributed by atoms with Crippen molar-refractivity contribution in [1.29, 1.82) is 0 Å². The number of aryl methyl sites for hydroxylation is 1. The van der Waals surface area contributed by atoms with Gasteiger partial charge in [0, 0.05) is 44.0 Å². The monoisotopic (exact) mass is 538 g/mol. The molecule has 12 heteroatoms. The molecule has 0 aliphatic carbocycles. The van der Waals surface area contributed by atoms with Gasteiger partial charge in [-0.15, -0.1) is 0 Å². The molecule has 0 saturated carbocycles. The largest absolute Gasteiger partial charge is 0.494 e. The van der Waals surface area contributed by atoms with Crippen LogP contribution in [0.4, 0.5) is 13.2 Å². The van der Waals surface area contributed by atoms with Crippen LogP contribution in [0, 0.1) is 17.5 Å². The zero-order chi connectivity index (χ0) is 27.8. The molecule has 2 unspecified atom stereocenters. The summed E-state index contributed by atoms with van der Waals surface area (Å²) in [5.41, 5.74) is -0.342. The fourth-order valence-electron chi connectivity index (χ4n) is 5.05. The van der Waals surface area contributed by atoms with Gasteiger partial charge in [-0.05, 0) is 42.7 Å². The van der Waals surface area contributed by atoms with E-state index in [1.165, 1.54) is 26.4 Å². The van der Waals surface area contributed by atoms with Gasteiger partial charge < -0.3 is 10.0 Å². The maximum absolute atomic E-state index is 14.2. The van der Waals surface area contributed by atoms with Gasteiger partial charge in [-0.25, -0.2) is 13.2 Å². The summed E-state index contributed by atoms with van der Waals surface area (Å²) >= 11 is 0. The molecule has 39 heavy (non-hydrogen) atoms. The molecule has 0 bridgehead atoms. The third-order valence-electron chi connectivity index (χ3n) is 6.89. The predicted octanol–water partition coefficient (Wildman–Crippen LogP) is 3.79. The van der Waals surface area contributed by atoms with Crippen LogP contribution in [0.5, 0.6) is 5.88 Å². The van der Waals surface area contributed by atoms with Gasteiger partial charge >= 0.3 is 0 Å². The topological polar surface area (TPSA) is 106 Å². The van der Waals surface area contributed by atoms with Crippen molar-refractivity contribution in [2.45, 2.75) is 31.7 Å². The second kappa shape index (κ2) is 10.4. The van der Waals surface area contributed by atoms with Crippen molar-refractivity contribution in [3.05, 3.63) is 93.5 Å². The highest BCUT2D eigenvalue weighted by Crippen LogP contribution is 2.35. The molecule has 202 valence electrons. The van der Waals surface area contributed by atoms with Crippen LogP contribution in [0.2, 0.25) is 0 Å². The van der Waals surface area contributed by atoms with Gasteiger partial charge in [-0.3, -0.25) is 23.8 Å². The highest BCUT2D eigenvalue weighted by molar-refractivity contribution is 5.96. The summed E-state index contributed by atoms with van der Waals surface area (Å²) in [5, 5.41) is 15.6. The molecular formula is C27H25F3N6O3. The minimum absolute atomic E-state index is 0.00604. The second-order valence-corrected chi connectivity index (χ2v) is 9.48. The number of carbonyl (C=O) groups excluding carboxylic acids is 1. The lowest BCUT2D eigenvalue weighted by atomic mass is 10.0. The summed E-state index contributed by atoms with van der Waals surface area (Å²) in [6.07, 6.45) is 4.87. The van der Waals surface area contributed by atoms with Crippen LogP contribution in [-0.4, -0.2) is 53.3 Å². The Labute approximate surface area is 221 Å². The predicted molar refractivity (Wildman–Crippen MR) is 135 cm³/mol. The first-order valence-electron chi connectivity index (χ1n) is 12.4. The van der Waals surface area contributed by atoms with Crippen LogP contribution >= 0.6 is 0 Å². The molecule has 3 aromatic heterocycles. The molecule has 1 amide bonds. The molecule has 1 aromatic carbocycles. The summed E-state index contributed by atoms with van der Waals surface area (Å²) in [5.74, 6) is -3.69. The van der Waals surface area contributed by atoms with E-state index in [1.807, 2.05) is 0 Å². The maximum Gasteiger partial charge on any atom is 0.290 e. The van der Waals surface area contributed by atoms with E-state index in [0.29, 0.717) is 17.7 Å². The van der Waals surface area contributed by atoms with Gasteiger partial charge in [0.15, 0.2) is 11.4 Å². The molecule has 2 atom stereocenters. The van der Waals surface area contributed by atoms with Gasteiger partial charge in [0.2, 0.25) is 5.88 Å². The van der Waals surface area contributed by atoms with Gasteiger partial charge in [0.25, 0.3) is 11.5 Å². The van der Waals surface area contributed by atoms with Gasteiger partial charge in [-0.1, -0.05) is 6.92 Å². The summed E-state index contributed by atoms with van der Waals surface area (Å²) in [6.45, 7) is 2.21. The average Bonchev–Trinajstić information content (AvgIpc) is 3.55. The number of aromatic nitrogens is 5. The van der Waals surface area contributed by atoms with E-state index in [1.54, 1.807) is 26.2 Å². The molecule has 4 aromatic rings. The van der Waals surface area contributed by atoms with Crippen LogP contribution in [0.1, 0.15) is 53.3 Å². The summed E-state index contributed by atoms with van der Waals surface area (Å²) in [4.78, 5) is 36.4. The standard InChI is InChI=1S/C27H25F3N6O3/c1-3-22(16-8-19(29)10-20(30)9-16)36-24(17-11-32-34(2)13-17)33-25(37)23(27(36)39)26(38)35-7-6-15(14-35)21-5-4-18(28)12-31-21/h4-5,8-13,15,22,39H,3,6-7,14H2,1-2H3. The number of rotatable bonds is 6. The molecule has 9 nitrogen and oxygen atoms in total. The fourth-order valence-corrected chi connectivity index (χ4v) is 5.05. The normalized spacial score (nSPS) is 16.0. The molecule has 0 spiro atoms. The Balaban J connectivity index is 1.60. The van der Waals surface area contributed by atoms with Crippen molar-refractivity contribution in [2.24, 2.45) is 7.05 Å². The number of benzene rings is 1. The second-order valence-electron chi connectivity index (χ2n) is 9.48. The number of halogens is 3. The van der Waals surface area contributed by atoms with E-state index >= 15 is 0 Å². The Morgan fingerprint density at radius 2 is 1.87 bits per heavy atom. The molecule has 0 radical (unpaired) electrons. The van der Waals surface area contributed by atoms with Crippen LogP contribution in [-0.2, 0) is 7.05 Å². The molecule has 1 saturated heterocycles. The molecule has 1 fully saturated rings. The van der Waals surface area contributed by atoms with Crippen molar-refractivity contribution in [3.63, 3.8) is 0 Å². The first kappa shape index (κ1) is 26.1. The molecule has 1 aliphatic heterocycles. The van der Waals surface area contributed by atoms with E-state index < -0.39 is 46.4 Å². The smallest absolute Gasteiger partial charge is 0.290 e. The molecule has 1 aliphatic rings. The van der Waals surface area contributed by atoms with E-state index in [9.17, 15) is 27.9 Å². The van der Waals surface area contributed by atoms with E-state index in [2.05, 4.69) is 15.1 Å². The third-order valence-corrected chi connectivity index (χ3v) is 6.89. The maximum atomic E-state index is 14.2. The lowest BCUT2D eigenvalue weighted by Crippen LogP contribution is -2.35. The third kappa shape index (κ3) is 5.01. The lowest BCUT2D eigenvalue weighted by molar-refractivity contribution is 0.0783. The van der Waals surface area contributed by atoms with Crippen molar-refractivity contribution in [2.75, 3.05) is 13.1 Å². The zero-order valence-corrected chi connectivity index (χ0v) is 21.2. The Hall–Kier alpha value is -4.48. The van der Waals surface area contributed by atoms with Gasteiger partial charge in [0.1, 0.15) is 17.5 Å². The number of hydrogen-bond donors (Lipinski definition) is 1. The summed E-state index contributed by atoms with van der Waals surface area (Å²) in [7, 11) is 1.66. The van der Waals surface area contributed by atoms with E-state index in [4.69, 9.17) is 0 Å². The number of carbonyl (C=O) groups is 1. The van der Waals surface area contributed by atoms with Crippen LogP contribution in [0.15, 0.2) is 53.7 Å². The molecule has 1 N–H and O–H groups in total. The molecule has 5 rings (SSSR count). The number of hydrogen-bond acceptors (Lipinski definition) is 6.